The van der Waals surface area contributed by atoms with Gasteiger partial charge in [-0.05, 0) is 54.0 Å². The normalized spacial score (nSPS) is 13.5. The quantitative estimate of drug-likeness (QED) is 0.781. The van der Waals surface area contributed by atoms with Gasteiger partial charge in [0.15, 0.2) is 0 Å². The Morgan fingerprint density at radius 1 is 1.24 bits per heavy atom. The van der Waals surface area contributed by atoms with Gasteiger partial charge in [0.05, 0.1) is 12.1 Å². The van der Waals surface area contributed by atoms with Crippen molar-refractivity contribution >= 4 is 27.2 Å². The number of thiophene rings is 1. The number of fused-ring (bicyclic) bond motifs is 2. The molecule has 1 aliphatic carbocycles. The fourth-order valence-electron chi connectivity index (χ4n) is 2.87. The van der Waals surface area contributed by atoms with Crippen molar-refractivity contribution < 1.29 is 0 Å². The molecular weight excluding hydrogens is 282 g/mol. The van der Waals surface area contributed by atoms with Gasteiger partial charge in [-0.3, -0.25) is 4.79 Å². The maximum atomic E-state index is 11.9. The number of nitrogens with zero attached hydrogens (tertiary/aromatic N) is 1. The summed E-state index contributed by atoms with van der Waals surface area (Å²) in [5, 5.41) is 5.24. The summed E-state index contributed by atoms with van der Waals surface area (Å²) in [7, 11) is 0. The van der Waals surface area contributed by atoms with Crippen LogP contribution >= 0.6 is 11.3 Å². The molecule has 4 nitrogen and oxygen atoms in total. The third-order valence-electron chi connectivity index (χ3n) is 3.92. The molecule has 0 bridgehead atoms. The number of H-pyrrole nitrogens is 1. The van der Waals surface area contributed by atoms with E-state index in [0.29, 0.717) is 17.1 Å². The first kappa shape index (κ1) is 12.6. The second-order valence-electron chi connectivity index (χ2n) is 5.34. The van der Waals surface area contributed by atoms with Crippen LogP contribution in [0.3, 0.4) is 0 Å². The lowest BCUT2D eigenvalue weighted by Gasteiger charge is -2.08. The van der Waals surface area contributed by atoms with E-state index in [4.69, 9.17) is 0 Å². The molecule has 0 unspecified atom stereocenters. The van der Waals surface area contributed by atoms with E-state index in [9.17, 15) is 4.79 Å². The molecule has 1 aliphatic rings. The van der Waals surface area contributed by atoms with Crippen LogP contribution in [0.2, 0.25) is 0 Å². The van der Waals surface area contributed by atoms with Crippen LogP contribution in [0.15, 0.2) is 34.4 Å². The van der Waals surface area contributed by atoms with Gasteiger partial charge >= 0.3 is 0 Å². The Labute approximate surface area is 125 Å². The van der Waals surface area contributed by atoms with Crippen LogP contribution < -0.4 is 10.9 Å². The number of aryl methyl sites for hydroxylation is 2. The molecule has 2 aromatic heterocycles. The van der Waals surface area contributed by atoms with Crippen molar-refractivity contribution in [3.8, 4) is 0 Å². The fraction of sp³-hybridized carbons (Fsp3) is 0.250. The SMILES string of the molecule is O=c1[nH]c(CNc2ccc3c(c2)CCC3)nc2ccsc12. The summed E-state index contributed by atoms with van der Waals surface area (Å²) in [6, 6.07) is 8.39. The minimum absolute atomic E-state index is 0.0549. The number of nitrogens with one attached hydrogen (secondary N) is 2. The minimum Gasteiger partial charge on any atom is -0.378 e. The van der Waals surface area contributed by atoms with E-state index < -0.39 is 0 Å². The Morgan fingerprint density at radius 2 is 2.14 bits per heavy atom. The van der Waals surface area contributed by atoms with Crippen LogP contribution in [0, 0.1) is 0 Å². The van der Waals surface area contributed by atoms with Gasteiger partial charge in [0.2, 0.25) is 0 Å². The van der Waals surface area contributed by atoms with Crippen LogP contribution in [0.25, 0.3) is 10.2 Å². The molecule has 2 heterocycles. The Bertz CT molecular complexity index is 865. The number of aromatic amines is 1. The topological polar surface area (TPSA) is 57.8 Å². The molecule has 0 saturated carbocycles. The summed E-state index contributed by atoms with van der Waals surface area (Å²) in [5.41, 5.74) is 4.71. The molecule has 2 N–H and O–H groups in total. The fourth-order valence-corrected chi connectivity index (χ4v) is 3.60. The second-order valence-corrected chi connectivity index (χ2v) is 6.25. The monoisotopic (exact) mass is 297 g/mol. The molecule has 4 rings (SSSR count). The first-order valence-electron chi connectivity index (χ1n) is 7.12. The Kier molecular flexibility index (Phi) is 3.00. The smallest absolute Gasteiger partial charge is 0.268 e. The van der Waals surface area contributed by atoms with Crippen molar-refractivity contribution in [3.05, 3.63) is 57.0 Å². The molecule has 0 saturated heterocycles. The highest BCUT2D eigenvalue weighted by Crippen LogP contribution is 2.25. The zero-order valence-electron chi connectivity index (χ0n) is 11.5. The van der Waals surface area contributed by atoms with Crippen LogP contribution in [0.5, 0.6) is 0 Å². The standard InChI is InChI=1S/C16H15N3OS/c20-16-15-13(6-7-21-15)18-14(19-16)9-17-12-5-4-10-2-1-3-11(10)8-12/h4-8,17H,1-3,9H2,(H,18,19,20). The number of benzene rings is 1. The average Bonchev–Trinajstić information content (AvgIpc) is 3.13. The molecule has 0 radical (unpaired) electrons. The summed E-state index contributed by atoms with van der Waals surface area (Å²) >= 11 is 1.42. The average molecular weight is 297 g/mol. The van der Waals surface area contributed by atoms with E-state index in [-0.39, 0.29) is 5.56 Å². The molecule has 5 heteroatoms. The van der Waals surface area contributed by atoms with Crippen LogP contribution in [0.4, 0.5) is 5.69 Å². The lowest BCUT2D eigenvalue weighted by Crippen LogP contribution is -2.13. The maximum absolute atomic E-state index is 11.9. The van der Waals surface area contributed by atoms with Crippen molar-refractivity contribution in [2.45, 2.75) is 25.8 Å². The Hall–Kier alpha value is -2.14. The van der Waals surface area contributed by atoms with Gasteiger partial charge < -0.3 is 10.3 Å². The van der Waals surface area contributed by atoms with Gasteiger partial charge in [-0.1, -0.05) is 6.07 Å². The molecule has 0 spiro atoms. The van der Waals surface area contributed by atoms with Gasteiger partial charge in [0, 0.05) is 5.69 Å². The minimum atomic E-state index is -0.0549. The number of hydrogen-bond donors (Lipinski definition) is 2. The Morgan fingerprint density at radius 3 is 3.10 bits per heavy atom. The molecule has 1 aromatic carbocycles. The van der Waals surface area contributed by atoms with Gasteiger partial charge in [-0.25, -0.2) is 4.98 Å². The van der Waals surface area contributed by atoms with Gasteiger partial charge in [0.1, 0.15) is 10.5 Å². The van der Waals surface area contributed by atoms with Crippen molar-refractivity contribution in [1.82, 2.24) is 9.97 Å². The highest BCUT2D eigenvalue weighted by molar-refractivity contribution is 7.17. The lowest BCUT2D eigenvalue weighted by atomic mass is 10.1. The molecule has 106 valence electrons. The molecule has 0 aliphatic heterocycles. The van der Waals surface area contributed by atoms with E-state index in [1.807, 2.05) is 11.4 Å². The zero-order chi connectivity index (χ0) is 14.2. The predicted molar refractivity (Wildman–Crippen MR) is 86.0 cm³/mol. The van der Waals surface area contributed by atoms with Gasteiger partial charge in [-0.2, -0.15) is 0 Å². The molecule has 21 heavy (non-hydrogen) atoms. The predicted octanol–water partition coefficient (Wildman–Crippen LogP) is 3.09. The second kappa shape index (κ2) is 5.00. The van der Waals surface area contributed by atoms with Crippen molar-refractivity contribution in [3.63, 3.8) is 0 Å². The highest BCUT2D eigenvalue weighted by atomic mass is 32.1. The third kappa shape index (κ3) is 2.34. The molecule has 3 aromatic rings. The van der Waals surface area contributed by atoms with Crippen molar-refractivity contribution in [2.75, 3.05) is 5.32 Å². The summed E-state index contributed by atoms with van der Waals surface area (Å²) in [6.45, 7) is 0.528. The van der Waals surface area contributed by atoms with E-state index in [1.165, 1.54) is 41.7 Å². The summed E-state index contributed by atoms with van der Waals surface area (Å²) in [4.78, 5) is 19.2. The highest BCUT2D eigenvalue weighted by Gasteiger charge is 2.11. The molecule has 0 amide bonds. The number of hydrogen-bond acceptors (Lipinski definition) is 4. The van der Waals surface area contributed by atoms with Crippen LogP contribution in [-0.4, -0.2) is 9.97 Å². The van der Waals surface area contributed by atoms with E-state index >= 15 is 0 Å². The summed E-state index contributed by atoms with van der Waals surface area (Å²) in [5.74, 6) is 0.673. The summed E-state index contributed by atoms with van der Waals surface area (Å²) in [6.07, 6.45) is 3.61. The first-order chi connectivity index (χ1) is 10.3. The Balaban J connectivity index is 1.56. The number of aromatic nitrogens is 2. The van der Waals surface area contributed by atoms with Crippen molar-refractivity contribution in [2.24, 2.45) is 0 Å². The molecule has 0 fully saturated rings. The number of rotatable bonds is 3. The molecular formula is C16H15N3OS. The van der Waals surface area contributed by atoms with Crippen molar-refractivity contribution in [1.29, 1.82) is 0 Å². The van der Waals surface area contributed by atoms with Gasteiger partial charge in [-0.15, -0.1) is 11.3 Å². The van der Waals surface area contributed by atoms with Crippen LogP contribution in [-0.2, 0) is 19.4 Å². The first-order valence-corrected chi connectivity index (χ1v) is 8.00. The van der Waals surface area contributed by atoms with Gasteiger partial charge in [0.25, 0.3) is 5.56 Å². The zero-order valence-corrected chi connectivity index (χ0v) is 12.3. The maximum Gasteiger partial charge on any atom is 0.268 e. The van der Waals surface area contributed by atoms with E-state index in [1.54, 1.807) is 0 Å². The number of anilines is 1. The lowest BCUT2D eigenvalue weighted by molar-refractivity contribution is 0.911. The summed E-state index contributed by atoms with van der Waals surface area (Å²) < 4.78 is 0.691. The van der Waals surface area contributed by atoms with E-state index in [0.717, 1.165) is 11.2 Å². The van der Waals surface area contributed by atoms with E-state index in [2.05, 4.69) is 33.5 Å². The third-order valence-corrected chi connectivity index (χ3v) is 4.82. The largest absolute Gasteiger partial charge is 0.378 e. The van der Waals surface area contributed by atoms with Crippen LogP contribution in [0.1, 0.15) is 23.4 Å². The molecule has 0 atom stereocenters.